The zero-order chi connectivity index (χ0) is 25.0. The molecule has 3 rings (SSSR count). The van der Waals surface area contributed by atoms with E-state index in [-0.39, 0.29) is 30.4 Å². The van der Waals surface area contributed by atoms with E-state index >= 15 is 0 Å². The molecular weight excluding hydrogens is 446 g/mol. The van der Waals surface area contributed by atoms with Crippen molar-refractivity contribution < 1.29 is 28.3 Å². The summed E-state index contributed by atoms with van der Waals surface area (Å²) in [5.74, 6) is -3.69. The third kappa shape index (κ3) is 5.90. The minimum absolute atomic E-state index is 0.0726. The molecule has 1 aromatic carbocycles. The number of aliphatic hydroxyl groups excluding tert-OH is 1. The van der Waals surface area contributed by atoms with Gasteiger partial charge in [0.1, 0.15) is 17.7 Å². The van der Waals surface area contributed by atoms with Crippen LogP contribution in [0.25, 0.3) is 0 Å². The monoisotopic (exact) mass is 480 g/mol. The van der Waals surface area contributed by atoms with Crippen molar-refractivity contribution in [2.45, 2.75) is 51.8 Å². The number of hydrogen-bond donors (Lipinski definition) is 4. The molecule has 2 heterocycles. The summed E-state index contributed by atoms with van der Waals surface area (Å²) in [4.78, 5) is 40.3. The maximum atomic E-state index is 13.8. The van der Waals surface area contributed by atoms with Gasteiger partial charge in [0.05, 0.1) is 24.0 Å². The molecule has 8 nitrogen and oxygen atoms in total. The van der Waals surface area contributed by atoms with Crippen LogP contribution in [0.4, 0.5) is 8.78 Å². The number of hydrogen-bond acceptors (Lipinski definition) is 5. The lowest BCUT2D eigenvalue weighted by Crippen LogP contribution is -2.63. The molecule has 4 N–H and O–H groups in total. The number of piperazine rings is 1. The second-order valence-corrected chi connectivity index (χ2v) is 9.47. The molecule has 0 saturated carbocycles. The zero-order valence-corrected chi connectivity index (χ0v) is 19.8. The Morgan fingerprint density at radius 3 is 2.47 bits per heavy atom. The Hall–Kier alpha value is -2.59. The van der Waals surface area contributed by atoms with Crippen LogP contribution in [-0.4, -0.2) is 72.1 Å². The van der Waals surface area contributed by atoms with Crippen LogP contribution in [0, 0.1) is 29.4 Å². The second kappa shape index (κ2) is 11.2. The highest BCUT2D eigenvalue weighted by atomic mass is 19.1. The molecule has 10 heteroatoms. The van der Waals surface area contributed by atoms with Crippen molar-refractivity contribution in [1.82, 2.24) is 20.9 Å². The third-order valence-electron chi connectivity index (χ3n) is 6.53. The smallest absolute Gasteiger partial charge is 0.239 e. The quantitative estimate of drug-likeness (QED) is 0.413. The van der Waals surface area contributed by atoms with Crippen LogP contribution < -0.4 is 16.0 Å². The Labute approximate surface area is 198 Å². The fourth-order valence-electron chi connectivity index (χ4n) is 4.94. The van der Waals surface area contributed by atoms with Gasteiger partial charge in [0, 0.05) is 32.2 Å². The van der Waals surface area contributed by atoms with Crippen molar-refractivity contribution in [3.8, 4) is 0 Å². The minimum atomic E-state index is -1.36. The second-order valence-electron chi connectivity index (χ2n) is 9.47. The topological polar surface area (TPSA) is 111 Å². The van der Waals surface area contributed by atoms with E-state index in [1.54, 1.807) is 4.90 Å². The largest absolute Gasteiger partial charge is 0.389 e. The van der Waals surface area contributed by atoms with E-state index in [0.717, 1.165) is 24.6 Å². The van der Waals surface area contributed by atoms with Crippen LogP contribution in [0.2, 0.25) is 0 Å². The molecule has 2 aliphatic heterocycles. The number of nitrogens with zero attached hydrogens (tertiary/aromatic N) is 1. The van der Waals surface area contributed by atoms with E-state index in [1.165, 1.54) is 0 Å². The number of likely N-dealkylation sites (tertiary alicyclic amines) is 1. The molecule has 34 heavy (non-hydrogen) atoms. The van der Waals surface area contributed by atoms with Crippen molar-refractivity contribution in [2.24, 2.45) is 17.8 Å². The first-order chi connectivity index (χ1) is 16.1. The van der Waals surface area contributed by atoms with Gasteiger partial charge in [-0.25, -0.2) is 8.78 Å². The van der Waals surface area contributed by atoms with Gasteiger partial charge in [-0.05, 0) is 36.5 Å². The molecule has 0 aromatic heterocycles. The number of rotatable bonds is 9. The van der Waals surface area contributed by atoms with Gasteiger partial charge in [-0.2, -0.15) is 0 Å². The number of nitrogens with one attached hydrogen (secondary N) is 3. The predicted molar refractivity (Wildman–Crippen MR) is 121 cm³/mol. The maximum absolute atomic E-state index is 13.8. The Bertz CT molecular complexity index is 893. The summed E-state index contributed by atoms with van der Waals surface area (Å²) in [6, 6.07) is 0.979. The van der Waals surface area contributed by atoms with E-state index in [1.807, 2.05) is 20.8 Å². The summed E-state index contributed by atoms with van der Waals surface area (Å²) in [7, 11) is 0. The molecule has 0 radical (unpaired) electrons. The SMILES string of the molecule is CCCN1CC(C(=O)N[C@@H](Cc2cc(F)cc(F)c2)[C@H](O)[C@@H]2NCCNC2=O)C(C(C)C)C1=O. The van der Waals surface area contributed by atoms with Crippen molar-refractivity contribution in [1.29, 1.82) is 0 Å². The van der Waals surface area contributed by atoms with Crippen LogP contribution >= 0.6 is 0 Å². The number of aliphatic hydroxyl groups is 1. The zero-order valence-electron chi connectivity index (χ0n) is 19.8. The van der Waals surface area contributed by atoms with Gasteiger partial charge in [0.15, 0.2) is 0 Å². The number of benzene rings is 1. The van der Waals surface area contributed by atoms with E-state index in [2.05, 4.69) is 16.0 Å². The van der Waals surface area contributed by atoms with Gasteiger partial charge >= 0.3 is 0 Å². The first kappa shape index (κ1) is 26.0. The lowest BCUT2D eigenvalue weighted by molar-refractivity contribution is -0.135. The molecule has 2 saturated heterocycles. The number of carbonyl (C=O) groups is 3. The van der Waals surface area contributed by atoms with Gasteiger partial charge in [0.2, 0.25) is 17.7 Å². The molecule has 2 fully saturated rings. The molecule has 2 aliphatic rings. The summed E-state index contributed by atoms with van der Waals surface area (Å²) in [5, 5.41) is 19.5. The molecular formula is C24H34F2N4O4. The lowest BCUT2D eigenvalue weighted by atomic mass is 9.84. The van der Waals surface area contributed by atoms with Gasteiger partial charge in [-0.15, -0.1) is 0 Å². The summed E-state index contributed by atoms with van der Waals surface area (Å²) in [5.41, 5.74) is 0.230. The molecule has 188 valence electrons. The van der Waals surface area contributed by atoms with Crippen LogP contribution in [0.1, 0.15) is 32.8 Å². The number of amides is 3. The fraction of sp³-hybridized carbons (Fsp3) is 0.625. The van der Waals surface area contributed by atoms with Crippen LogP contribution in [0.5, 0.6) is 0 Å². The van der Waals surface area contributed by atoms with Gasteiger partial charge in [0.25, 0.3) is 0 Å². The van der Waals surface area contributed by atoms with Crippen molar-refractivity contribution in [2.75, 3.05) is 26.2 Å². The van der Waals surface area contributed by atoms with Crippen molar-refractivity contribution in [3.63, 3.8) is 0 Å². The molecule has 0 bridgehead atoms. The van der Waals surface area contributed by atoms with Crippen molar-refractivity contribution in [3.05, 3.63) is 35.4 Å². The molecule has 0 spiro atoms. The van der Waals surface area contributed by atoms with Gasteiger partial charge in [-0.3, -0.25) is 14.4 Å². The first-order valence-electron chi connectivity index (χ1n) is 11.9. The van der Waals surface area contributed by atoms with Crippen LogP contribution in [0.3, 0.4) is 0 Å². The third-order valence-corrected chi connectivity index (χ3v) is 6.53. The highest BCUT2D eigenvalue weighted by Crippen LogP contribution is 2.31. The number of carbonyl (C=O) groups excluding carboxylic acids is 3. The Kier molecular flexibility index (Phi) is 8.59. The molecule has 1 aromatic rings. The normalized spacial score (nSPS) is 24.8. The van der Waals surface area contributed by atoms with Crippen molar-refractivity contribution >= 4 is 17.7 Å². The molecule has 3 amide bonds. The van der Waals surface area contributed by atoms with Crippen LogP contribution in [0.15, 0.2) is 18.2 Å². The van der Waals surface area contributed by atoms with E-state index < -0.39 is 53.5 Å². The van der Waals surface area contributed by atoms with E-state index in [0.29, 0.717) is 19.6 Å². The predicted octanol–water partition coefficient (Wildman–Crippen LogP) is 0.582. The fourth-order valence-corrected chi connectivity index (χ4v) is 4.94. The standard InChI is InChI=1S/C24H34F2N4O4/c1-4-7-30-12-17(19(13(2)3)24(30)34)22(32)29-18(10-14-8-15(25)11-16(26)9-14)21(31)20-23(33)28-6-5-27-20/h8-9,11,13,17-21,27,31H,4-7,10,12H2,1-3H3,(H,28,33)(H,29,32)/t17?,18-,19?,20-,21-/m0/s1. The van der Waals surface area contributed by atoms with E-state index in [4.69, 9.17) is 0 Å². The first-order valence-corrected chi connectivity index (χ1v) is 11.9. The molecule has 0 aliphatic carbocycles. The Morgan fingerprint density at radius 2 is 1.88 bits per heavy atom. The van der Waals surface area contributed by atoms with Crippen LogP contribution in [-0.2, 0) is 20.8 Å². The minimum Gasteiger partial charge on any atom is -0.389 e. The Morgan fingerprint density at radius 1 is 1.21 bits per heavy atom. The summed E-state index contributed by atoms with van der Waals surface area (Å²) in [6.45, 7) is 7.38. The number of halogens is 2. The highest BCUT2D eigenvalue weighted by molar-refractivity contribution is 5.91. The lowest BCUT2D eigenvalue weighted by Gasteiger charge is -2.34. The average Bonchev–Trinajstić information content (AvgIpc) is 3.09. The molecule has 5 atom stereocenters. The molecule has 2 unspecified atom stereocenters. The van der Waals surface area contributed by atoms with Gasteiger partial charge < -0.3 is 26.0 Å². The Balaban J connectivity index is 1.85. The maximum Gasteiger partial charge on any atom is 0.239 e. The van der Waals surface area contributed by atoms with E-state index in [9.17, 15) is 28.3 Å². The summed E-state index contributed by atoms with van der Waals surface area (Å²) < 4.78 is 27.6. The average molecular weight is 481 g/mol. The van der Waals surface area contributed by atoms with Gasteiger partial charge in [-0.1, -0.05) is 20.8 Å². The highest BCUT2D eigenvalue weighted by Gasteiger charge is 2.46. The summed E-state index contributed by atoms with van der Waals surface area (Å²) >= 11 is 0. The summed E-state index contributed by atoms with van der Waals surface area (Å²) in [6.07, 6.45) is -0.699.